The molecular formula is C26H30N2O6S. The molecule has 0 heterocycles. The van der Waals surface area contributed by atoms with Crippen LogP contribution in [-0.4, -0.2) is 41.7 Å². The van der Waals surface area contributed by atoms with E-state index in [9.17, 15) is 13.2 Å². The predicted molar refractivity (Wildman–Crippen MR) is 133 cm³/mol. The van der Waals surface area contributed by atoms with Crippen molar-refractivity contribution in [3.8, 4) is 17.2 Å². The highest BCUT2D eigenvalue weighted by Gasteiger charge is 2.28. The molecule has 0 spiro atoms. The van der Waals surface area contributed by atoms with Gasteiger partial charge >= 0.3 is 0 Å². The van der Waals surface area contributed by atoms with Crippen LogP contribution in [0.15, 0.2) is 77.7 Å². The van der Waals surface area contributed by atoms with E-state index in [0.717, 1.165) is 11.1 Å². The van der Waals surface area contributed by atoms with Gasteiger partial charge in [0.25, 0.3) is 0 Å². The molecule has 3 aromatic rings. The summed E-state index contributed by atoms with van der Waals surface area (Å²) in [5, 5.41) is 2.92. The van der Waals surface area contributed by atoms with Gasteiger partial charge in [-0.25, -0.2) is 8.42 Å². The number of hydrogen-bond donors (Lipinski definition) is 2. The van der Waals surface area contributed by atoms with Crippen LogP contribution in [0.5, 0.6) is 17.2 Å². The van der Waals surface area contributed by atoms with Crippen molar-refractivity contribution in [1.82, 2.24) is 10.0 Å². The third kappa shape index (κ3) is 6.52. The molecule has 0 radical (unpaired) electrons. The lowest BCUT2D eigenvalue weighted by Crippen LogP contribution is -2.48. The molecule has 0 saturated carbocycles. The summed E-state index contributed by atoms with van der Waals surface area (Å²) in [6.07, 6.45) is 0.165. The summed E-state index contributed by atoms with van der Waals surface area (Å²) in [6.45, 7) is 1.82. The number of hydrogen-bond acceptors (Lipinski definition) is 6. The predicted octanol–water partition coefficient (Wildman–Crippen LogP) is 3.48. The van der Waals surface area contributed by atoms with Gasteiger partial charge < -0.3 is 19.5 Å². The van der Waals surface area contributed by atoms with Crippen molar-refractivity contribution in [3.63, 3.8) is 0 Å². The van der Waals surface area contributed by atoms with E-state index in [4.69, 9.17) is 14.2 Å². The Balaban J connectivity index is 1.88. The Morgan fingerprint density at radius 2 is 1.46 bits per heavy atom. The number of carbonyl (C=O) groups excluding carboxylic acids is 1. The Labute approximate surface area is 206 Å². The molecule has 0 aliphatic carbocycles. The van der Waals surface area contributed by atoms with Crippen LogP contribution in [-0.2, 0) is 21.2 Å². The zero-order chi connectivity index (χ0) is 25.4. The Morgan fingerprint density at radius 3 is 2.11 bits per heavy atom. The summed E-state index contributed by atoms with van der Waals surface area (Å²) >= 11 is 0. The van der Waals surface area contributed by atoms with Gasteiger partial charge in [0, 0.05) is 11.6 Å². The second kappa shape index (κ2) is 11.7. The Hall–Kier alpha value is -3.56. The standard InChI is InChI=1S/C26H30N2O6S/c1-18(21-12-8-9-13-23(21)32-2)27-26(29)22(16-19-10-6-5-7-11-19)28-35(30,31)20-14-15-24(33-3)25(17-20)34-4/h5-15,17-18,22,28H,16H2,1-4H3,(H,27,29)/t18-,22+/m1/s1. The summed E-state index contributed by atoms with van der Waals surface area (Å²) in [5.41, 5.74) is 1.59. The number of amides is 1. The molecule has 0 fully saturated rings. The molecular weight excluding hydrogens is 468 g/mol. The average Bonchev–Trinajstić information content (AvgIpc) is 2.88. The Morgan fingerprint density at radius 1 is 0.829 bits per heavy atom. The van der Waals surface area contributed by atoms with E-state index in [2.05, 4.69) is 10.0 Å². The summed E-state index contributed by atoms with van der Waals surface area (Å²) in [7, 11) is 0.381. The molecule has 0 saturated heterocycles. The molecule has 0 aliphatic rings. The van der Waals surface area contributed by atoms with Gasteiger partial charge in [0.15, 0.2) is 11.5 Å². The number of nitrogens with one attached hydrogen (secondary N) is 2. The summed E-state index contributed by atoms with van der Waals surface area (Å²) in [6, 6.07) is 19.3. The van der Waals surface area contributed by atoms with Crippen molar-refractivity contribution in [3.05, 3.63) is 83.9 Å². The van der Waals surface area contributed by atoms with E-state index >= 15 is 0 Å². The van der Waals surface area contributed by atoms with Crippen LogP contribution in [0.1, 0.15) is 24.1 Å². The van der Waals surface area contributed by atoms with E-state index in [-0.39, 0.29) is 17.1 Å². The van der Waals surface area contributed by atoms with Gasteiger partial charge in [0.1, 0.15) is 11.8 Å². The van der Waals surface area contributed by atoms with Gasteiger partial charge in [-0.3, -0.25) is 4.79 Å². The van der Waals surface area contributed by atoms with Crippen LogP contribution in [0.25, 0.3) is 0 Å². The number of ether oxygens (including phenoxy) is 3. The summed E-state index contributed by atoms with van der Waals surface area (Å²) in [4.78, 5) is 13.3. The molecule has 3 aromatic carbocycles. The van der Waals surface area contributed by atoms with Crippen LogP contribution in [0.2, 0.25) is 0 Å². The number of methoxy groups -OCH3 is 3. The first kappa shape index (κ1) is 26.1. The topological polar surface area (TPSA) is 103 Å². The SMILES string of the molecule is COc1ccc(S(=O)(=O)N[C@@H](Cc2ccccc2)C(=O)N[C@H](C)c2ccccc2OC)cc1OC. The van der Waals surface area contributed by atoms with Gasteiger partial charge in [-0.15, -0.1) is 0 Å². The summed E-state index contributed by atoms with van der Waals surface area (Å²) in [5.74, 6) is 0.835. The molecule has 35 heavy (non-hydrogen) atoms. The van der Waals surface area contributed by atoms with Crippen LogP contribution < -0.4 is 24.2 Å². The van der Waals surface area contributed by atoms with Gasteiger partial charge in [0.05, 0.1) is 32.3 Å². The second-order valence-corrected chi connectivity index (χ2v) is 9.57. The van der Waals surface area contributed by atoms with Crippen molar-refractivity contribution in [2.45, 2.75) is 30.3 Å². The highest BCUT2D eigenvalue weighted by molar-refractivity contribution is 7.89. The highest BCUT2D eigenvalue weighted by atomic mass is 32.2. The molecule has 186 valence electrons. The quantitative estimate of drug-likeness (QED) is 0.420. The molecule has 8 nitrogen and oxygen atoms in total. The van der Waals surface area contributed by atoms with Gasteiger partial charge in [-0.05, 0) is 37.1 Å². The van der Waals surface area contributed by atoms with Crippen molar-refractivity contribution in [1.29, 1.82) is 0 Å². The van der Waals surface area contributed by atoms with Gasteiger partial charge in [0.2, 0.25) is 15.9 Å². The van der Waals surface area contributed by atoms with Crippen LogP contribution in [0.4, 0.5) is 0 Å². The molecule has 0 aliphatic heterocycles. The molecule has 2 N–H and O–H groups in total. The number of benzene rings is 3. The van der Waals surface area contributed by atoms with Crippen molar-refractivity contribution in [2.24, 2.45) is 0 Å². The largest absolute Gasteiger partial charge is 0.496 e. The molecule has 1 amide bonds. The maximum Gasteiger partial charge on any atom is 0.241 e. The lowest BCUT2D eigenvalue weighted by atomic mass is 10.0. The number of sulfonamides is 1. The first-order chi connectivity index (χ1) is 16.8. The number of para-hydroxylation sites is 1. The fourth-order valence-electron chi connectivity index (χ4n) is 3.69. The van der Waals surface area contributed by atoms with Crippen LogP contribution in [0.3, 0.4) is 0 Å². The average molecular weight is 499 g/mol. The fourth-order valence-corrected chi connectivity index (χ4v) is 4.90. The maximum atomic E-state index is 13.3. The van der Waals surface area contributed by atoms with E-state index in [1.54, 1.807) is 13.2 Å². The van der Waals surface area contributed by atoms with E-state index in [1.807, 2.05) is 55.5 Å². The number of carbonyl (C=O) groups is 1. The highest BCUT2D eigenvalue weighted by Crippen LogP contribution is 2.29. The first-order valence-electron chi connectivity index (χ1n) is 11.0. The molecule has 2 atom stereocenters. The maximum absolute atomic E-state index is 13.3. The molecule has 0 bridgehead atoms. The normalized spacial score (nSPS) is 12.9. The van der Waals surface area contributed by atoms with Crippen LogP contribution in [0, 0.1) is 0 Å². The van der Waals surface area contributed by atoms with Crippen molar-refractivity contribution >= 4 is 15.9 Å². The van der Waals surface area contributed by atoms with Gasteiger partial charge in [-0.2, -0.15) is 4.72 Å². The molecule has 0 aromatic heterocycles. The molecule has 0 unspecified atom stereocenters. The minimum absolute atomic E-state index is 0.0428. The smallest absolute Gasteiger partial charge is 0.241 e. The number of rotatable bonds is 11. The second-order valence-electron chi connectivity index (χ2n) is 7.85. The van der Waals surface area contributed by atoms with Crippen LogP contribution >= 0.6 is 0 Å². The first-order valence-corrected chi connectivity index (χ1v) is 12.5. The third-order valence-corrected chi connectivity index (χ3v) is 7.00. The molecule has 9 heteroatoms. The Kier molecular flexibility index (Phi) is 8.73. The van der Waals surface area contributed by atoms with E-state index < -0.39 is 28.0 Å². The van der Waals surface area contributed by atoms with Gasteiger partial charge in [-0.1, -0.05) is 48.5 Å². The van der Waals surface area contributed by atoms with Crippen molar-refractivity contribution < 1.29 is 27.4 Å². The van der Waals surface area contributed by atoms with E-state index in [0.29, 0.717) is 11.5 Å². The van der Waals surface area contributed by atoms with E-state index in [1.165, 1.54) is 32.4 Å². The lowest BCUT2D eigenvalue weighted by molar-refractivity contribution is -0.123. The van der Waals surface area contributed by atoms with Crippen molar-refractivity contribution in [2.75, 3.05) is 21.3 Å². The third-order valence-electron chi connectivity index (χ3n) is 5.53. The zero-order valence-electron chi connectivity index (χ0n) is 20.1. The summed E-state index contributed by atoms with van der Waals surface area (Å²) < 4.78 is 44.9. The minimum atomic E-state index is -4.07. The minimum Gasteiger partial charge on any atom is -0.496 e. The lowest BCUT2D eigenvalue weighted by Gasteiger charge is -2.23. The monoisotopic (exact) mass is 498 g/mol. The zero-order valence-corrected chi connectivity index (χ0v) is 21.0. The molecule has 3 rings (SSSR count). The fraction of sp³-hybridized carbons (Fsp3) is 0.269. The Bertz CT molecular complexity index is 1250.